The molecule has 8 heterocycles. The summed E-state index contributed by atoms with van der Waals surface area (Å²) in [5.41, 5.74) is 12.7. The highest BCUT2D eigenvalue weighted by Crippen LogP contribution is 2.45. The third kappa shape index (κ3) is 17.1. The van der Waals surface area contributed by atoms with E-state index in [2.05, 4.69) is 45.0 Å². The van der Waals surface area contributed by atoms with Crippen molar-refractivity contribution >= 4 is 76.7 Å². The second kappa shape index (κ2) is 37.8. The molecule has 12 aliphatic rings. The summed E-state index contributed by atoms with van der Waals surface area (Å²) in [6.45, 7) is 11.5. The first-order valence-corrected chi connectivity index (χ1v) is 46.5. The maximum atomic E-state index is 13.8. The number of benzene rings is 8. The quantitative estimate of drug-likeness (QED) is 0.0920. The van der Waals surface area contributed by atoms with Gasteiger partial charge in [-0.3, -0.25) is 81.9 Å². The van der Waals surface area contributed by atoms with Gasteiger partial charge in [0.2, 0.25) is 23.6 Å². The summed E-state index contributed by atoms with van der Waals surface area (Å²) < 4.78 is 0. The fourth-order valence-electron chi connectivity index (χ4n) is 22.8. The minimum Gasteiger partial charge on any atom is -0.335 e. The Kier molecular flexibility index (Phi) is 25.9. The Morgan fingerprint density at radius 3 is 0.740 bits per heavy atom. The number of rotatable bonds is 14. The van der Waals surface area contributed by atoms with Crippen molar-refractivity contribution in [1.29, 1.82) is 0 Å². The molecule has 0 N–H and O–H groups in total. The first kappa shape index (κ1) is 87.0. The Labute approximate surface area is 743 Å². The molecule has 7 unspecified atom stereocenters. The molecule has 127 heavy (non-hydrogen) atoms. The van der Waals surface area contributed by atoms with Gasteiger partial charge in [0, 0.05) is 62.3 Å². The lowest BCUT2D eigenvalue weighted by atomic mass is 9.76. The maximum absolute atomic E-state index is 13.8. The van der Waals surface area contributed by atoms with Crippen molar-refractivity contribution in [2.45, 2.75) is 187 Å². The minimum absolute atomic E-state index is 0.0312. The van der Waals surface area contributed by atoms with Crippen molar-refractivity contribution < 1.29 is 62.3 Å². The van der Waals surface area contributed by atoms with E-state index < -0.39 is 0 Å². The van der Waals surface area contributed by atoms with E-state index in [1.54, 1.807) is 104 Å². The molecule has 0 radical (unpaired) electrons. The Morgan fingerprint density at radius 2 is 0.472 bits per heavy atom. The standard InChI is InChI=1S/C28H30N2O4.3C26H28N2O3/c1-18(31)20-9-4-5-11-22(20)26(32)29-16-14-19-8-2-3-10-21(19)25(29)15-17-30-27(33)23-12-6-7-13-24(23)28(30)34;3*1-17-8-2-4-10-19(17)24(29)27-15-14-18-9-3-5-11-20(18)23(27)16-28-25(30)21-12-6-7-13-22(21)26(28)31/h2-3,6-8,10,12-13,20,22,25H,4-5,9,11,14-17H2,1H3;3*3,5-7,9,11-13,17,19,23H,2,4,8,10,14-16H2,1H3/t20-,22-,25+;17-,19+,23?;;/m10../s1. The fraction of sp³-hybridized carbons (Fsp3) is 0.425. The minimum atomic E-state index is -0.297. The lowest BCUT2D eigenvalue weighted by Crippen LogP contribution is -2.49. The van der Waals surface area contributed by atoms with E-state index in [4.69, 9.17) is 0 Å². The highest BCUT2D eigenvalue weighted by Gasteiger charge is 2.49. The van der Waals surface area contributed by atoms with Crippen molar-refractivity contribution in [2.24, 2.45) is 47.3 Å². The van der Waals surface area contributed by atoms with E-state index in [0.717, 1.165) is 131 Å². The number of Topliss-reactive ketones (excluding diaryl/α,β-unsaturated/α-hetero) is 1. The molecule has 12 amide bonds. The Bertz CT molecular complexity index is 5120. The number of carbonyl (C=O) groups is 13. The number of imide groups is 4. The lowest BCUT2D eigenvalue weighted by Gasteiger charge is -2.42. The average molecular weight is 1710 g/mol. The normalized spacial score (nSPS) is 25.0. The molecular weight excluding hydrogens is 1590 g/mol. The van der Waals surface area contributed by atoms with Gasteiger partial charge in [0.25, 0.3) is 47.3 Å². The van der Waals surface area contributed by atoms with Crippen LogP contribution in [0.1, 0.15) is 288 Å². The first-order valence-electron chi connectivity index (χ1n) is 46.5. The van der Waals surface area contributed by atoms with Crippen LogP contribution in [-0.2, 0) is 49.7 Å². The van der Waals surface area contributed by atoms with E-state index in [1.165, 1.54) is 61.1 Å². The summed E-state index contributed by atoms with van der Waals surface area (Å²) in [7, 11) is 0. The molecule has 0 spiro atoms. The number of ketones is 1. The number of hydrogen-bond donors (Lipinski definition) is 0. The molecule has 656 valence electrons. The summed E-state index contributed by atoms with van der Waals surface area (Å²) in [6, 6.07) is 59.2. The molecule has 0 saturated heterocycles. The molecule has 8 aromatic carbocycles. The molecule has 21 nitrogen and oxygen atoms in total. The smallest absolute Gasteiger partial charge is 0.261 e. The van der Waals surface area contributed by atoms with Crippen LogP contribution in [0.25, 0.3) is 0 Å². The molecule has 4 fully saturated rings. The van der Waals surface area contributed by atoms with Gasteiger partial charge in [-0.15, -0.1) is 0 Å². The molecule has 21 heteroatoms. The second-order valence-electron chi connectivity index (χ2n) is 37.1. The van der Waals surface area contributed by atoms with Gasteiger partial charge in [0.05, 0.1) is 88.3 Å². The number of amides is 12. The Balaban J connectivity index is 0.000000119. The van der Waals surface area contributed by atoms with E-state index in [1.807, 2.05) is 92.4 Å². The second-order valence-corrected chi connectivity index (χ2v) is 37.1. The van der Waals surface area contributed by atoms with Crippen LogP contribution in [0, 0.1) is 47.3 Å². The summed E-state index contributed by atoms with van der Waals surface area (Å²) >= 11 is 0. The molecule has 12 atom stereocenters. The lowest BCUT2D eigenvalue weighted by molar-refractivity contribution is -0.145. The molecule has 20 rings (SSSR count). The van der Waals surface area contributed by atoms with Gasteiger partial charge in [-0.2, -0.15) is 0 Å². The summed E-state index contributed by atoms with van der Waals surface area (Å²) in [5.74, 6) is -0.704. The van der Waals surface area contributed by atoms with Gasteiger partial charge in [0.15, 0.2) is 0 Å². The van der Waals surface area contributed by atoms with Crippen molar-refractivity contribution in [3.05, 3.63) is 283 Å². The monoisotopic (exact) mass is 1710 g/mol. The zero-order valence-electron chi connectivity index (χ0n) is 73.3. The van der Waals surface area contributed by atoms with E-state index >= 15 is 0 Å². The highest BCUT2D eigenvalue weighted by molar-refractivity contribution is 6.23. The van der Waals surface area contributed by atoms with E-state index in [-0.39, 0.29) is 157 Å². The van der Waals surface area contributed by atoms with Crippen molar-refractivity contribution in [1.82, 2.24) is 39.2 Å². The van der Waals surface area contributed by atoms with Gasteiger partial charge >= 0.3 is 0 Å². The Morgan fingerprint density at radius 1 is 0.260 bits per heavy atom. The van der Waals surface area contributed by atoms with Crippen molar-refractivity contribution in [3.8, 4) is 0 Å². The molecule has 8 aromatic rings. The number of fused-ring (bicyclic) bond motifs is 8. The van der Waals surface area contributed by atoms with Crippen LogP contribution in [0.5, 0.6) is 0 Å². The van der Waals surface area contributed by atoms with Crippen LogP contribution in [0.3, 0.4) is 0 Å². The third-order valence-electron chi connectivity index (χ3n) is 29.9. The topological polar surface area (TPSA) is 248 Å². The van der Waals surface area contributed by atoms with Crippen LogP contribution >= 0.6 is 0 Å². The molecule has 4 aliphatic carbocycles. The van der Waals surface area contributed by atoms with Crippen molar-refractivity contribution in [3.63, 3.8) is 0 Å². The zero-order valence-corrected chi connectivity index (χ0v) is 73.3. The van der Waals surface area contributed by atoms with E-state index in [0.29, 0.717) is 94.9 Å². The third-order valence-corrected chi connectivity index (χ3v) is 29.9. The zero-order chi connectivity index (χ0) is 88.4. The fourth-order valence-corrected chi connectivity index (χ4v) is 22.8. The predicted octanol–water partition coefficient (Wildman–Crippen LogP) is 16.9. The highest BCUT2D eigenvalue weighted by atomic mass is 16.2. The molecule has 4 saturated carbocycles. The number of hydrogen-bond acceptors (Lipinski definition) is 13. The van der Waals surface area contributed by atoms with Crippen LogP contribution in [0.4, 0.5) is 0 Å². The molecule has 8 aliphatic heterocycles. The summed E-state index contributed by atoms with van der Waals surface area (Å²) in [6.07, 6.45) is 20.0. The number of nitrogens with zero attached hydrogens (tertiary/aromatic N) is 8. The van der Waals surface area contributed by atoms with Gasteiger partial charge in [-0.1, -0.05) is 218 Å². The molecule has 0 bridgehead atoms. The first-order chi connectivity index (χ1) is 61.6. The summed E-state index contributed by atoms with van der Waals surface area (Å²) in [5, 5.41) is 0. The average Bonchev–Trinajstić information content (AvgIpc) is 1.71. The van der Waals surface area contributed by atoms with Crippen LogP contribution < -0.4 is 0 Å². The molecule has 0 aromatic heterocycles. The van der Waals surface area contributed by atoms with Gasteiger partial charge < -0.3 is 19.6 Å². The maximum Gasteiger partial charge on any atom is 0.261 e. The Hall–Kier alpha value is -12.1. The van der Waals surface area contributed by atoms with E-state index in [9.17, 15) is 62.3 Å². The van der Waals surface area contributed by atoms with Gasteiger partial charge in [-0.25, -0.2) is 0 Å². The largest absolute Gasteiger partial charge is 0.335 e. The van der Waals surface area contributed by atoms with Gasteiger partial charge in [0.1, 0.15) is 5.78 Å². The van der Waals surface area contributed by atoms with Crippen LogP contribution in [-0.4, -0.2) is 168 Å². The van der Waals surface area contributed by atoms with Crippen LogP contribution in [0.2, 0.25) is 0 Å². The van der Waals surface area contributed by atoms with Crippen LogP contribution in [0.15, 0.2) is 194 Å². The molecular formula is C106H114N8O13. The summed E-state index contributed by atoms with van der Waals surface area (Å²) in [4.78, 5) is 184. The predicted molar refractivity (Wildman–Crippen MR) is 480 cm³/mol. The SMILES string of the molecule is CC(=O)[C@H]1CCCC[C@H]1C(=O)N1CCc2ccccc2[C@@H]1CCN1C(=O)c2ccccc2C1=O.CC1CCCCC1C(=O)N1CCc2ccccc2C1CN1C(=O)c2ccccc2C1=O.CC1CCCCC1C(=O)N1CCc2ccccc2C1CN1C(=O)c2ccccc2C1=O.C[C@H]1CCCC[C@H]1C(=O)N1CCc2ccccc2C1CN1C(=O)c2ccccc2C1=O. The van der Waals surface area contributed by atoms with Gasteiger partial charge in [-0.05, 0) is 201 Å². The van der Waals surface area contributed by atoms with Crippen molar-refractivity contribution in [2.75, 3.05) is 52.4 Å². The number of carbonyl (C=O) groups excluding carboxylic acids is 13.